The normalized spacial score (nSPS) is 20.6. The quantitative estimate of drug-likeness (QED) is 0.681. The molecular weight excluding hydrogens is 380 g/mol. The molecule has 3 unspecified atom stereocenters. The first-order valence-electron chi connectivity index (χ1n) is 11.7. The third-order valence-corrected chi connectivity index (χ3v) is 6.15. The third kappa shape index (κ3) is 6.90. The number of benzene rings is 2. The second kappa shape index (κ2) is 13.3. The molecule has 1 aliphatic rings. The first-order valence-corrected chi connectivity index (χ1v) is 11.7. The number of likely N-dealkylation sites (tertiary alicyclic amines) is 1. The van der Waals surface area contributed by atoms with Crippen molar-refractivity contribution in [2.75, 3.05) is 32.8 Å². The minimum absolute atomic E-state index is 0.228. The van der Waals surface area contributed by atoms with Crippen LogP contribution in [-0.2, 0) is 0 Å². The number of allylic oxidation sites excluding steroid dienone is 1. The van der Waals surface area contributed by atoms with Gasteiger partial charge in [0.2, 0.25) is 0 Å². The number of nitrogens with one attached hydrogen (secondary N) is 1. The maximum atomic E-state index is 9.37. The molecule has 2 aromatic carbocycles. The zero-order valence-electron chi connectivity index (χ0n) is 19.6. The van der Waals surface area contributed by atoms with Crippen molar-refractivity contribution in [2.24, 2.45) is 5.92 Å². The van der Waals surface area contributed by atoms with Crippen LogP contribution in [0.25, 0.3) is 12.7 Å². The number of piperidine rings is 1. The molecule has 0 bridgehead atoms. The fourth-order valence-corrected chi connectivity index (χ4v) is 4.50. The van der Waals surface area contributed by atoms with Gasteiger partial charge in [0.1, 0.15) is 0 Å². The summed E-state index contributed by atoms with van der Waals surface area (Å²) in [5, 5.41) is 15.4. The maximum Gasteiger partial charge on any atom is 0.0558 e. The van der Waals surface area contributed by atoms with Gasteiger partial charge in [0, 0.05) is 25.0 Å². The summed E-state index contributed by atoms with van der Waals surface area (Å²) in [7, 11) is 0. The fourth-order valence-electron chi connectivity index (χ4n) is 4.50. The predicted molar refractivity (Wildman–Crippen MR) is 134 cm³/mol. The Balaban J connectivity index is 0.00000166. The fraction of sp³-hybridized carbons (Fsp3) is 0.429. The van der Waals surface area contributed by atoms with Gasteiger partial charge in [-0.05, 0) is 53.9 Å². The van der Waals surface area contributed by atoms with Crippen LogP contribution in [0.15, 0.2) is 61.2 Å². The smallest absolute Gasteiger partial charge is 0.0558 e. The number of nitrogens with zero attached hydrogens (tertiary/aromatic N) is 1. The van der Waals surface area contributed by atoms with Gasteiger partial charge in [-0.15, -0.1) is 0 Å². The lowest BCUT2D eigenvalue weighted by atomic mass is 9.80. The monoisotopic (exact) mass is 420 g/mol. The molecule has 3 rings (SSSR count). The third-order valence-electron chi connectivity index (χ3n) is 6.15. The van der Waals surface area contributed by atoms with Gasteiger partial charge < -0.3 is 15.3 Å². The van der Waals surface area contributed by atoms with Crippen molar-refractivity contribution < 1.29 is 5.11 Å². The summed E-state index contributed by atoms with van der Waals surface area (Å²) in [5.41, 5.74) is 2.67. The maximum absolute atomic E-state index is 9.37. The molecule has 3 atom stereocenters. The van der Waals surface area contributed by atoms with Crippen molar-refractivity contribution in [1.29, 1.82) is 0 Å². The van der Waals surface area contributed by atoms with E-state index in [9.17, 15) is 5.11 Å². The lowest BCUT2D eigenvalue weighted by Crippen LogP contribution is -2.44. The molecule has 2 aromatic rings. The molecule has 1 heterocycles. The van der Waals surface area contributed by atoms with Crippen molar-refractivity contribution in [3.05, 3.63) is 82.8 Å². The summed E-state index contributed by atoms with van der Waals surface area (Å²) < 4.78 is 0. The van der Waals surface area contributed by atoms with E-state index in [2.05, 4.69) is 78.8 Å². The lowest BCUT2D eigenvalue weighted by molar-refractivity contribution is 0.127. The molecule has 1 saturated heterocycles. The van der Waals surface area contributed by atoms with E-state index < -0.39 is 0 Å². The first kappa shape index (κ1) is 25.1. The summed E-state index contributed by atoms with van der Waals surface area (Å²) in [4.78, 5) is 2.39. The minimum Gasteiger partial charge on any atom is -0.395 e. The van der Waals surface area contributed by atoms with E-state index in [0.717, 1.165) is 37.8 Å². The Kier molecular flexibility index (Phi) is 10.7. The van der Waals surface area contributed by atoms with Crippen molar-refractivity contribution >= 4 is 12.7 Å². The van der Waals surface area contributed by atoms with E-state index in [1.54, 1.807) is 0 Å². The van der Waals surface area contributed by atoms with Crippen LogP contribution in [0, 0.1) is 5.92 Å². The van der Waals surface area contributed by atoms with Crippen molar-refractivity contribution in [2.45, 2.75) is 39.2 Å². The van der Waals surface area contributed by atoms with Crippen LogP contribution in [0.2, 0.25) is 0 Å². The molecule has 0 aliphatic carbocycles. The molecule has 3 nitrogen and oxygen atoms in total. The van der Waals surface area contributed by atoms with Gasteiger partial charge >= 0.3 is 0 Å². The molecule has 2 N–H and O–H groups in total. The Labute approximate surface area is 188 Å². The average Bonchev–Trinajstić information content (AvgIpc) is 2.81. The number of rotatable bonds is 8. The second-order valence-electron chi connectivity index (χ2n) is 8.04. The summed E-state index contributed by atoms with van der Waals surface area (Å²) in [5.74, 6) is 1.05. The van der Waals surface area contributed by atoms with Crippen LogP contribution in [-0.4, -0.2) is 42.8 Å². The van der Waals surface area contributed by atoms with Gasteiger partial charge in [0.05, 0.1) is 6.61 Å². The molecule has 168 valence electrons. The summed E-state index contributed by atoms with van der Waals surface area (Å²) in [6, 6.07) is 17.4. The molecule has 31 heavy (non-hydrogen) atoms. The zero-order chi connectivity index (χ0) is 22.6. The van der Waals surface area contributed by atoms with Crippen LogP contribution in [0.1, 0.15) is 50.3 Å². The Bertz CT molecular complexity index is 893. The number of hydrogen-bond donors (Lipinski definition) is 2. The lowest BCUT2D eigenvalue weighted by Gasteiger charge is -2.39. The van der Waals surface area contributed by atoms with Crippen LogP contribution in [0.3, 0.4) is 0 Å². The van der Waals surface area contributed by atoms with E-state index in [4.69, 9.17) is 0 Å². The highest BCUT2D eigenvalue weighted by Crippen LogP contribution is 2.32. The van der Waals surface area contributed by atoms with Crippen LogP contribution >= 0.6 is 0 Å². The highest BCUT2D eigenvalue weighted by molar-refractivity contribution is 5.41. The minimum atomic E-state index is 0.228. The SMILES string of the molecule is C=C/C=c1/c(C(C)NCC2CCN(CCO)CC2c2ccccc2)cccc1=C.CC. The molecule has 3 heteroatoms. The molecule has 1 aliphatic heterocycles. The summed E-state index contributed by atoms with van der Waals surface area (Å²) in [6.45, 7) is 18.3. The van der Waals surface area contributed by atoms with Crippen molar-refractivity contribution in [3.63, 3.8) is 0 Å². The van der Waals surface area contributed by atoms with Gasteiger partial charge in [-0.2, -0.15) is 0 Å². The molecule has 0 amide bonds. The molecule has 0 aromatic heterocycles. The van der Waals surface area contributed by atoms with E-state index in [0.29, 0.717) is 11.8 Å². The first-order chi connectivity index (χ1) is 15.1. The summed E-state index contributed by atoms with van der Waals surface area (Å²) >= 11 is 0. The Hall–Kier alpha value is -2.20. The largest absolute Gasteiger partial charge is 0.395 e. The summed E-state index contributed by atoms with van der Waals surface area (Å²) in [6.07, 6.45) is 5.03. The van der Waals surface area contributed by atoms with Crippen LogP contribution < -0.4 is 15.8 Å². The highest BCUT2D eigenvalue weighted by atomic mass is 16.3. The number of hydrogen-bond acceptors (Lipinski definition) is 3. The van der Waals surface area contributed by atoms with Crippen LogP contribution in [0.4, 0.5) is 0 Å². The van der Waals surface area contributed by atoms with Crippen molar-refractivity contribution in [3.8, 4) is 0 Å². The van der Waals surface area contributed by atoms with Crippen molar-refractivity contribution in [1.82, 2.24) is 10.2 Å². The van der Waals surface area contributed by atoms with Gasteiger partial charge in [0.15, 0.2) is 0 Å². The number of aliphatic hydroxyl groups is 1. The molecule has 0 radical (unpaired) electrons. The van der Waals surface area contributed by atoms with Gasteiger partial charge in [-0.3, -0.25) is 0 Å². The van der Waals surface area contributed by atoms with E-state index in [-0.39, 0.29) is 12.6 Å². The van der Waals surface area contributed by atoms with E-state index >= 15 is 0 Å². The van der Waals surface area contributed by atoms with Gasteiger partial charge in [0.25, 0.3) is 0 Å². The van der Waals surface area contributed by atoms with Gasteiger partial charge in [-0.25, -0.2) is 0 Å². The van der Waals surface area contributed by atoms with Crippen LogP contribution in [0.5, 0.6) is 0 Å². The molecule has 1 fully saturated rings. The Morgan fingerprint density at radius 2 is 1.90 bits per heavy atom. The van der Waals surface area contributed by atoms with Gasteiger partial charge in [-0.1, -0.05) is 87.7 Å². The molecular formula is C28H40N2O. The van der Waals surface area contributed by atoms with E-state index in [1.165, 1.54) is 16.3 Å². The Morgan fingerprint density at radius 1 is 1.16 bits per heavy atom. The second-order valence-corrected chi connectivity index (χ2v) is 8.04. The zero-order valence-corrected chi connectivity index (χ0v) is 19.6. The standard InChI is InChI=1S/C26H34N2O.C2H6/c1-4-9-24-20(2)10-8-13-25(24)21(3)27-18-23-14-15-28(16-17-29)19-26(23)22-11-6-5-7-12-22;1-2/h4-13,21,23,26-27,29H,1-2,14-19H2,3H3;1-2H3/b24-9+;. The molecule has 0 saturated carbocycles. The number of β-amino-alcohol motifs (C(OH)–C–C–N with tert-alkyl or cyclic N) is 1. The average molecular weight is 421 g/mol. The highest BCUT2D eigenvalue weighted by Gasteiger charge is 2.30. The predicted octanol–water partition coefficient (Wildman–Crippen LogP) is 3.84. The topological polar surface area (TPSA) is 35.5 Å². The Morgan fingerprint density at radius 3 is 2.58 bits per heavy atom. The number of aliphatic hydroxyl groups excluding tert-OH is 1. The van der Waals surface area contributed by atoms with E-state index in [1.807, 2.05) is 26.0 Å². The molecule has 0 spiro atoms.